The summed E-state index contributed by atoms with van der Waals surface area (Å²) in [5, 5.41) is 4.64. The van der Waals surface area contributed by atoms with Crippen LogP contribution in [-0.4, -0.2) is 39.3 Å². The predicted molar refractivity (Wildman–Crippen MR) is 66.5 cm³/mol. The largest absolute Gasteiger partial charge is 0.313 e. The van der Waals surface area contributed by atoms with Gasteiger partial charge in [0.2, 0.25) is 0 Å². The zero-order valence-corrected chi connectivity index (χ0v) is 10.9. The van der Waals surface area contributed by atoms with E-state index in [0.29, 0.717) is 11.3 Å². The molecule has 2 nitrogen and oxygen atoms in total. The van der Waals surface area contributed by atoms with Crippen LogP contribution in [0.15, 0.2) is 0 Å². The molecule has 4 heteroatoms. The average molecular weight is 235 g/mol. The molecule has 1 rings (SSSR count). The van der Waals surface area contributed by atoms with Crippen LogP contribution in [0, 0.1) is 0 Å². The van der Waals surface area contributed by atoms with E-state index in [0.717, 1.165) is 18.2 Å². The van der Waals surface area contributed by atoms with Gasteiger partial charge in [-0.2, -0.15) is 11.8 Å². The van der Waals surface area contributed by atoms with E-state index in [4.69, 9.17) is 0 Å². The Morgan fingerprint density at radius 1 is 1.64 bits per heavy atom. The molecule has 0 aliphatic carbocycles. The number of hydrogen-bond donors (Lipinski definition) is 1. The summed E-state index contributed by atoms with van der Waals surface area (Å²) in [6.45, 7) is 5.36. The summed E-state index contributed by atoms with van der Waals surface area (Å²) in [7, 11) is -0.667. The van der Waals surface area contributed by atoms with Gasteiger partial charge in [0.1, 0.15) is 0 Å². The molecule has 1 fully saturated rings. The summed E-state index contributed by atoms with van der Waals surface area (Å²) in [5.41, 5.74) is 0. The van der Waals surface area contributed by atoms with Crippen molar-refractivity contribution in [2.45, 2.75) is 43.2 Å². The van der Waals surface area contributed by atoms with E-state index in [9.17, 15) is 4.21 Å². The summed E-state index contributed by atoms with van der Waals surface area (Å²) < 4.78 is 11.1. The molecule has 0 spiro atoms. The van der Waals surface area contributed by atoms with Crippen LogP contribution in [-0.2, 0) is 10.8 Å². The normalized spacial score (nSPS) is 31.6. The van der Waals surface area contributed by atoms with E-state index < -0.39 is 10.8 Å². The predicted octanol–water partition coefficient (Wildman–Crippen LogP) is 1.63. The van der Waals surface area contributed by atoms with Crippen molar-refractivity contribution in [2.24, 2.45) is 0 Å². The molecule has 4 unspecified atom stereocenters. The molecule has 4 atom stereocenters. The van der Waals surface area contributed by atoms with Crippen LogP contribution in [0.2, 0.25) is 0 Å². The summed E-state index contributed by atoms with van der Waals surface area (Å²) >= 11 is 2.05. The first-order valence-electron chi connectivity index (χ1n) is 5.28. The minimum Gasteiger partial charge on any atom is -0.313 e. The number of nitrogens with one attached hydrogen (secondary N) is 1. The second-order valence-corrected chi connectivity index (χ2v) is 7.31. The molecular weight excluding hydrogens is 214 g/mol. The maximum atomic E-state index is 11.1. The van der Waals surface area contributed by atoms with Crippen LogP contribution in [0.5, 0.6) is 0 Å². The van der Waals surface area contributed by atoms with Gasteiger partial charge in [0.05, 0.1) is 0 Å². The quantitative estimate of drug-likeness (QED) is 0.785. The number of hydrogen-bond acceptors (Lipinski definition) is 3. The van der Waals surface area contributed by atoms with Crippen molar-refractivity contribution >= 4 is 22.6 Å². The van der Waals surface area contributed by atoms with E-state index in [2.05, 4.69) is 19.2 Å². The second kappa shape index (κ2) is 6.13. The fraction of sp³-hybridized carbons (Fsp3) is 1.00. The van der Waals surface area contributed by atoms with Gasteiger partial charge in [0, 0.05) is 33.6 Å². The Kier molecular flexibility index (Phi) is 5.49. The van der Waals surface area contributed by atoms with Crippen molar-refractivity contribution in [1.82, 2.24) is 5.32 Å². The van der Waals surface area contributed by atoms with E-state index in [1.807, 2.05) is 11.8 Å². The Bertz CT molecular complexity index is 199. The zero-order chi connectivity index (χ0) is 10.6. The van der Waals surface area contributed by atoms with Gasteiger partial charge >= 0.3 is 0 Å². The fourth-order valence-corrected chi connectivity index (χ4v) is 3.31. The maximum Gasteiger partial charge on any atom is 0.0329 e. The van der Waals surface area contributed by atoms with Gasteiger partial charge in [-0.25, -0.2) is 0 Å². The Morgan fingerprint density at radius 2 is 2.36 bits per heavy atom. The van der Waals surface area contributed by atoms with Gasteiger partial charge in [0.25, 0.3) is 0 Å². The van der Waals surface area contributed by atoms with Crippen LogP contribution < -0.4 is 5.32 Å². The molecule has 0 amide bonds. The van der Waals surface area contributed by atoms with Crippen molar-refractivity contribution in [3.8, 4) is 0 Å². The Balaban J connectivity index is 2.11. The number of thioether (sulfide) groups is 1. The van der Waals surface area contributed by atoms with E-state index >= 15 is 0 Å². The van der Waals surface area contributed by atoms with Crippen molar-refractivity contribution < 1.29 is 4.21 Å². The lowest BCUT2D eigenvalue weighted by atomic mass is 10.1. The highest BCUT2D eigenvalue weighted by molar-refractivity contribution is 8.00. The molecule has 0 aromatic rings. The standard InChI is InChI=1S/C10H21NOS2/c1-8(14(3)12)4-6-11-10-5-7-13-9(10)2/h8-11H,4-7H2,1-3H3. The zero-order valence-electron chi connectivity index (χ0n) is 9.29. The van der Waals surface area contributed by atoms with Crippen LogP contribution in [0.25, 0.3) is 0 Å². The monoisotopic (exact) mass is 235 g/mol. The van der Waals surface area contributed by atoms with Gasteiger partial charge < -0.3 is 5.32 Å². The second-order valence-electron chi connectivity index (χ2n) is 4.02. The molecule has 14 heavy (non-hydrogen) atoms. The molecule has 0 aromatic heterocycles. The molecule has 1 aliphatic heterocycles. The molecule has 84 valence electrons. The third kappa shape index (κ3) is 3.91. The van der Waals surface area contributed by atoms with E-state index in [1.165, 1.54) is 12.2 Å². The van der Waals surface area contributed by atoms with Crippen molar-refractivity contribution in [2.75, 3.05) is 18.6 Å². The van der Waals surface area contributed by atoms with Crippen LogP contribution in [0.3, 0.4) is 0 Å². The first-order valence-corrected chi connectivity index (χ1v) is 7.95. The maximum absolute atomic E-state index is 11.1. The molecule has 1 heterocycles. The van der Waals surface area contributed by atoms with Crippen LogP contribution in [0.1, 0.15) is 26.7 Å². The molecule has 1 aliphatic rings. The summed E-state index contributed by atoms with van der Waals surface area (Å²) in [6, 6.07) is 0.678. The van der Waals surface area contributed by atoms with E-state index in [1.54, 1.807) is 6.26 Å². The van der Waals surface area contributed by atoms with Crippen LogP contribution in [0.4, 0.5) is 0 Å². The first kappa shape index (κ1) is 12.5. The first-order chi connectivity index (χ1) is 6.61. The molecule has 0 saturated carbocycles. The van der Waals surface area contributed by atoms with Crippen molar-refractivity contribution in [1.29, 1.82) is 0 Å². The minimum atomic E-state index is -0.667. The third-order valence-electron chi connectivity index (χ3n) is 2.90. The Labute approximate surface area is 94.1 Å². The molecule has 0 radical (unpaired) electrons. The summed E-state index contributed by atoms with van der Waals surface area (Å²) in [4.78, 5) is 0. The smallest absolute Gasteiger partial charge is 0.0329 e. The van der Waals surface area contributed by atoms with Gasteiger partial charge in [-0.3, -0.25) is 4.21 Å². The third-order valence-corrected chi connectivity index (χ3v) is 5.59. The lowest BCUT2D eigenvalue weighted by Crippen LogP contribution is -2.35. The summed E-state index contributed by atoms with van der Waals surface area (Å²) in [5.74, 6) is 1.29. The lowest BCUT2D eigenvalue weighted by molar-refractivity contribution is 0.503. The lowest BCUT2D eigenvalue weighted by Gasteiger charge is -2.17. The highest BCUT2D eigenvalue weighted by Gasteiger charge is 2.23. The molecule has 1 N–H and O–H groups in total. The van der Waals surface area contributed by atoms with Gasteiger partial charge in [-0.15, -0.1) is 0 Å². The highest BCUT2D eigenvalue weighted by Crippen LogP contribution is 2.25. The van der Waals surface area contributed by atoms with E-state index in [-0.39, 0.29) is 0 Å². The minimum absolute atomic E-state index is 0.326. The molecule has 0 bridgehead atoms. The highest BCUT2D eigenvalue weighted by atomic mass is 32.2. The van der Waals surface area contributed by atoms with Gasteiger partial charge in [-0.1, -0.05) is 13.8 Å². The Hall–Kier alpha value is 0.460. The molecular formula is C10H21NOS2. The Morgan fingerprint density at radius 3 is 2.86 bits per heavy atom. The average Bonchev–Trinajstić information content (AvgIpc) is 2.51. The van der Waals surface area contributed by atoms with Crippen molar-refractivity contribution in [3.05, 3.63) is 0 Å². The van der Waals surface area contributed by atoms with Gasteiger partial charge in [0.15, 0.2) is 0 Å². The topological polar surface area (TPSA) is 29.1 Å². The van der Waals surface area contributed by atoms with Crippen molar-refractivity contribution in [3.63, 3.8) is 0 Å². The van der Waals surface area contributed by atoms with Gasteiger partial charge in [-0.05, 0) is 25.1 Å². The number of rotatable bonds is 5. The van der Waals surface area contributed by atoms with Crippen LogP contribution >= 0.6 is 11.8 Å². The molecule has 1 saturated heterocycles. The fourth-order valence-electron chi connectivity index (χ4n) is 1.64. The molecule has 0 aromatic carbocycles. The summed E-state index contributed by atoms with van der Waals surface area (Å²) in [6.07, 6.45) is 4.10. The SMILES string of the molecule is CC1SCCC1NCCC(C)S(C)=O.